The maximum atomic E-state index is 12.6. The van der Waals surface area contributed by atoms with Crippen molar-refractivity contribution in [1.29, 1.82) is 5.26 Å². The molecule has 0 aromatic heterocycles. The minimum absolute atomic E-state index is 0.0673. The number of carbonyl (C=O) groups is 1. The standard InChI is InChI=1S/C24H17Cl3N2O2/c1-15-6-8-19(12-21(15)26)29-24(30)18(13-28)11-17-4-2-3-5-23(17)31-14-16-7-9-20(25)22(27)10-16/h2-12H,14H2,1H3,(H,29,30)/b18-11-. The van der Waals surface area contributed by atoms with Crippen molar-refractivity contribution in [1.82, 2.24) is 0 Å². The van der Waals surface area contributed by atoms with Gasteiger partial charge < -0.3 is 10.1 Å². The Hall–Kier alpha value is -2.97. The highest BCUT2D eigenvalue weighted by atomic mass is 35.5. The van der Waals surface area contributed by atoms with Crippen LogP contribution in [0.2, 0.25) is 15.1 Å². The molecule has 1 N–H and O–H groups in total. The second-order valence-electron chi connectivity index (χ2n) is 6.66. The predicted molar refractivity (Wildman–Crippen MR) is 126 cm³/mol. The highest BCUT2D eigenvalue weighted by Gasteiger charge is 2.12. The second kappa shape index (κ2) is 10.4. The number of halogens is 3. The van der Waals surface area contributed by atoms with Gasteiger partial charge >= 0.3 is 0 Å². The molecule has 0 bridgehead atoms. The first-order chi connectivity index (χ1) is 14.9. The smallest absolute Gasteiger partial charge is 0.266 e. The Morgan fingerprint density at radius 3 is 2.52 bits per heavy atom. The molecule has 156 valence electrons. The van der Waals surface area contributed by atoms with Gasteiger partial charge in [0.25, 0.3) is 5.91 Å². The summed E-state index contributed by atoms with van der Waals surface area (Å²) in [5.41, 5.74) is 2.76. The molecular formula is C24H17Cl3N2O2. The molecule has 0 aliphatic carbocycles. The lowest BCUT2D eigenvalue weighted by molar-refractivity contribution is -0.112. The highest BCUT2D eigenvalue weighted by Crippen LogP contribution is 2.26. The van der Waals surface area contributed by atoms with E-state index in [4.69, 9.17) is 39.5 Å². The van der Waals surface area contributed by atoms with Crippen LogP contribution in [0, 0.1) is 18.3 Å². The molecule has 3 aromatic rings. The zero-order valence-corrected chi connectivity index (χ0v) is 18.7. The summed E-state index contributed by atoms with van der Waals surface area (Å²) in [7, 11) is 0. The third-order valence-electron chi connectivity index (χ3n) is 4.39. The molecule has 1 amide bonds. The van der Waals surface area contributed by atoms with Gasteiger partial charge in [0.05, 0.1) is 10.0 Å². The van der Waals surface area contributed by atoms with Gasteiger partial charge in [-0.2, -0.15) is 5.26 Å². The molecule has 0 fully saturated rings. The molecule has 4 nitrogen and oxygen atoms in total. The third-order valence-corrected chi connectivity index (χ3v) is 5.54. The van der Waals surface area contributed by atoms with Crippen LogP contribution >= 0.6 is 34.8 Å². The van der Waals surface area contributed by atoms with Gasteiger partial charge in [-0.1, -0.05) is 65.1 Å². The van der Waals surface area contributed by atoms with Gasteiger partial charge in [0, 0.05) is 16.3 Å². The van der Waals surface area contributed by atoms with Crippen molar-refractivity contribution >= 4 is 52.5 Å². The minimum atomic E-state index is -0.540. The molecule has 31 heavy (non-hydrogen) atoms. The number of anilines is 1. The Balaban J connectivity index is 1.78. The Kier molecular flexibility index (Phi) is 7.59. The zero-order chi connectivity index (χ0) is 22.4. The molecule has 0 saturated carbocycles. The molecule has 0 spiro atoms. The van der Waals surface area contributed by atoms with E-state index >= 15 is 0 Å². The predicted octanol–water partition coefficient (Wildman–Crippen LogP) is 7.08. The molecule has 0 radical (unpaired) electrons. The maximum absolute atomic E-state index is 12.6. The average molecular weight is 472 g/mol. The van der Waals surface area contributed by atoms with Crippen molar-refractivity contribution in [2.45, 2.75) is 13.5 Å². The first-order valence-electron chi connectivity index (χ1n) is 9.22. The lowest BCUT2D eigenvalue weighted by Gasteiger charge is -2.11. The Labute approximate surface area is 195 Å². The fraction of sp³-hybridized carbons (Fsp3) is 0.0833. The second-order valence-corrected chi connectivity index (χ2v) is 7.88. The molecule has 0 aliphatic heterocycles. The molecule has 3 aromatic carbocycles. The van der Waals surface area contributed by atoms with Crippen LogP contribution in [0.1, 0.15) is 16.7 Å². The lowest BCUT2D eigenvalue weighted by atomic mass is 10.1. The minimum Gasteiger partial charge on any atom is -0.488 e. The van der Waals surface area contributed by atoms with Crippen molar-refractivity contribution < 1.29 is 9.53 Å². The van der Waals surface area contributed by atoms with E-state index in [-0.39, 0.29) is 12.2 Å². The number of carbonyl (C=O) groups excluding carboxylic acids is 1. The maximum Gasteiger partial charge on any atom is 0.266 e. The number of ether oxygens (including phenoxy) is 1. The van der Waals surface area contributed by atoms with Crippen LogP contribution in [0.5, 0.6) is 5.75 Å². The molecule has 0 saturated heterocycles. The van der Waals surface area contributed by atoms with E-state index in [1.807, 2.05) is 25.1 Å². The number of hydrogen-bond acceptors (Lipinski definition) is 3. The third kappa shape index (κ3) is 6.02. The molecule has 0 heterocycles. The summed E-state index contributed by atoms with van der Waals surface area (Å²) < 4.78 is 5.89. The number of hydrogen-bond donors (Lipinski definition) is 1. The lowest BCUT2D eigenvalue weighted by Crippen LogP contribution is -2.13. The van der Waals surface area contributed by atoms with Gasteiger partial charge in [-0.25, -0.2) is 0 Å². The van der Waals surface area contributed by atoms with E-state index in [0.717, 1.165) is 11.1 Å². The number of para-hydroxylation sites is 1. The summed E-state index contributed by atoms with van der Waals surface area (Å²) in [5, 5.41) is 13.6. The van der Waals surface area contributed by atoms with E-state index < -0.39 is 5.91 Å². The normalized spacial score (nSPS) is 11.0. The molecule has 7 heteroatoms. The summed E-state index contributed by atoms with van der Waals surface area (Å²) in [5.74, 6) is -0.0193. The highest BCUT2D eigenvalue weighted by molar-refractivity contribution is 6.42. The van der Waals surface area contributed by atoms with Crippen LogP contribution in [0.25, 0.3) is 6.08 Å². The van der Waals surface area contributed by atoms with E-state index in [0.29, 0.717) is 32.1 Å². The number of nitrogens with zero attached hydrogens (tertiary/aromatic N) is 1. The van der Waals surface area contributed by atoms with Gasteiger partial charge in [0.15, 0.2) is 0 Å². The van der Waals surface area contributed by atoms with Crippen LogP contribution in [0.15, 0.2) is 66.2 Å². The topological polar surface area (TPSA) is 62.1 Å². The van der Waals surface area contributed by atoms with Crippen molar-refractivity contribution in [3.63, 3.8) is 0 Å². The molecular weight excluding hydrogens is 455 g/mol. The van der Waals surface area contributed by atoms with Crippen LogP contribution in [-0.2, 0) is 11.4 Å². The van der Waals surface area contributed by atoms with Crippen molar-refractivity contribution in [2.75, 3.05) is 5.32 Å². The Bertz CT molecular complexity index is 1200. The summed E-state index contributed by atoms with van der Waals surface area (Å²) in [6.07, 6.45) is 1.48. The number of aryl methyl sites for hydroxylation is 1. The van der Waals surface area contributed by atoms with Gasteiger partial charge in [-0.3, -0.25) is 4.79 Å². The number of rotatable bonds is 6. The van der Waals surface area contributed by atoms with Gasteiger partial charge in [0.1, 0.15) is 24.0 Å². The monoisotopic (exact) mass is 470 g/mol. The first-order valence-corrected chi connectivity index (χ1v) is 10.4. The SMILES string of the molecule is Cc1ccc(NC(=O)/C(C#N)=C\c2ccccc2OCc2ccc(Cl)c(Cl)c2)cc1Cl. The number of benzene rings is 3. The Morgan fingerprint density at radius 1 is 1.03 bits per heavy atom. The van der Waals surface area contributed by atoms with E-state index in [1.54, 1.807) is 48.5 Å². The van der Waals surface area contributed by atoms with Gasteiger partial charge in [-0.05, 0) is 54.5 Å². The van der Waals surface area contributed by atoms with Crippen LogP contribution in [-0.4, -0.2) is 5.91 Å². The summed E-state index contributed by atoms with van der Waals surface area (Å²) in [6, 6.07) is 19.5. The van der Waals surface area contributed by atoms with E-state index in [2.05, 4.69) is 5.32 Å². The molecule has 0 aliphatic rings. The molecule has 0 unspecified atom stereocenters. The summed E-state index contributed by atoms with van der Waals surface area (Å²) >= 11 is 18.1. The van der Waals surface area contributed by atoms with Crippen LogP contribution in [0.4, 0.5) is 5.69 Å². The largest absolute Gasteiger partial charge is 0.488 e. The fourth-order valence-corrected chi connectivity index (χ4v) is 3.20. The van der Waals surface area contributed by atoms with E-state index in [1.165, 1.54) is 6.08 Å². The number of nitriles is 1. The zero-order valence-electron chi connectivity index (χ0n) is 16.5. The van der Waals surface area contributed by atoms with Crippen molar-refractivity contribution in [3.8, 4) is 11.8 Å². The average Bonchev–Trinajstić information content (AvgIpc) is 2.76. The van der Waals surface area contributed by atoms with Crippen LogP contribution in [0.3, 0.4) is 0 Å². The quantitative estimate of drug-likeness (QED) is 0.308. The molecule has 3 rings (SSSR count). The summed E-state index contributed by atoms with van der Waals surface area (Å²) in [6.45, 7) is 2.11. The number of nitrogens with one attached hydrogen (secondary N) is 1. The molecule has 0 atom stereocenters. The summed E-state index contributed by atoms with van der Waals surface area (Å²) in [4.78, 5) is 12.6. The van der Waals surface area contributed by atoms with E-state index in [9.17, 15) is 10.1 Å². The van der Waals surface area contributed by atoms with Crippen molar-refractivity contribution in [2.24, 2.45) is 0 Å². The first kappa shape index (κ1) is 22.7. The van der Waals surface area contributed by atoms with Gasteiger partial charge in [-0.15, -0.1) is 0 Å². The fourth-order valence-electron chi connectivity index (χ4n) is 2.69. The van der Waals surface area contributed by atoms with Gasteiger partial charge in [0.2, 0.25) is 0 Å². The Morgan fingerprint density at radius 2 is 1.81 bits per heavy atom. The number of amides is 1. The van der Waals surface area contributed by atoms with Crippen LogP contribution < -0.4 is 10.1 Å². The van der Waals surface area contributed by atoms with Crippen molar-refractivity contribution in [3.05, 3.63) is 98.0 Å².